The van der Waals surface area contributed by atoms with Crippen molar-refractivity contribution >= 4 is 0 Å². The molecule has 1 N–H and O–H groups in total. The summed E-state index contributed by atoms with van der Waals surface area (Å²) in [5, 5.41) is 12.2. The van der Waals surface area contributed by atoms with E-state index in [1.807, 2.05) is 0 Å². The fourth-order valence-electron chi connectivity index (χ4n) is 1.04. The summed E-state index contributed by atoms with van der Waals surface area (Å²) in [6, 6.07) is 0. The van der Waals surface area contributed by atoms with Gasteiger partial charge < -0.3 is 9.63 Å². The number of halogens is 3. The molecular weight excluding hydrogens is 187 g/mol. The van der Waals surface area contributed by atoms with Crippen LogP contribution in [0.3, 0.4) is 0 Å². The van der Waals surface area contributed by atoms with Gasteiger partial charge in [0.05, 0.1) is 11.3 Å². The molecule has 1 rings (SSSR count). The van der Waals surface area contributed by atoms with E-state index in [0.717, 1.165) is 0 Å². The molecule has 0 aliphatic rings. The van der Waals surface area contributed by atoms with Gasteiger partial charge in [-0.1, -0.05) is 5.16 Å². The van der Waals surface area contributed by atoms with E-state index in [9.17, 15) is 13.2 Å². The van der Waals surface area contributed by atoms with E-state index < -0.39 is 12.3 Å². The fraction of sp³-hybridized carbons (Fsp3) is 0.571. The van der Waals surface area contributed by atoms with Crippen molar-refractivity contribution in [1.29, 1.82) is 0 Å². The van der Waals surface area contributed by atoms with Gasteiger partial charge in [-0.15, -0.1) is 0 Å². The number of aliphatic hydroxyl groups is 1. The van der Waals surface area contributed by atoms with Gasteiger partial charge in [-0.2, -0.15) is 13.2 Å². The van der Waals surface area contributed by atoms with Crippen LogP contribution in [0, 0.1) is 13.8 Å². The highest BCUT2D eigenvalue weighted by molar-refractivity contribution is 5.24. The molecule has 0 fully saturated rings. The highest BCUT2D eigenvalue weighted by Crippen LogP contribution is 2.35. The SMILES string of the molecule is Cc1noc(C)c1[C@@H](O)C(F)(F)F. The normalized spacial score (nSPS) is 14.6. The zero-order valence-corrected chi connectivity index (χ0v) is 7.01. The lowest BCUT2D eigenvalue weighted by molar-refractivity contribution is -0.207. The van der Waals surface area contributed by atoms with Crippen LogP contribution in [-0.2, 0) is 0 Å². The minimum Gasteiger partial charge on any atom is -0.379 e. The van der Waals surface area contributed by atoms with E-state index in [2.05, 4.69) is 9.68 Å². The molecule has 0 aromatic carbocycles. The molecule has 74 valence electrons. The smallest absolute Gasteiger partial charge is 0.379 e. The van der Waals surface area contributed by atoms with E-state index in [-0.39, 0.29) is 17.0 Å². The van der Waals surface area contributed by atoms with Crippen molar-refractivity contribution in [3.8, 4) is 0 Å². The van der Waals surface area contributed by atoms with Gasteiger partial charge >= 0.3 is 6.18 Å². The molecule has 1 aromatic heterocycles. The lowest BCUT2D eigenvalue weighted by Gasteiger charge is -2.13. The molecule has 0 aliphatic heterocycles. The first-order valence-corrected chi connectivity index (χ1v) is 3.51. The Hall–Kier alpha value is -1.04. The molecule has 1 heterocycles. The van der Waals surface area contributed by atoms with Crippen LogP contribution in [0.25, 0.3) is 0 Å². The van der Waals surface area contributed by atoms with Crippen LogP contribution in [-0.4, -0.2) is 16.4 Å². The van der Waals surface area contributed by atoms with Crippen molar-refractivity contribution in [3.63, 3.8) is 0 Å². The molecule has 1 aromatic rings. The molecule has 0 amide bonds. The monoisotopic (exact) mass is 195 g/mol. The summed E-state index contributed by atoms with van der Waals surface area (Å²) in [4.78, 5) is 0. The number of alkyl halides is 3. The Balaban J connectivity index is 3.08. The maximum Gasteiger partial charge on any atom is 0.418 e. The van der Waals surface area contributed by atoms with Crippen LogP contribution in [0.2, 0.25) is 0 Å². The molecule has 0 bridgehead atoms. The second kappa shape index (κ2) is 3.02. The topological polar surface area (TPSA) is 46.3 Å². The van der Waals surface area contributed by atoms with Gasteiger partial charge in [0.25, 0.3) is 0 Å². The molecule has 0 saturated carbocycles. The zero-order valence-electron chi connectivity index (χ0n) is 7.01. The molecule has 0 aliphatic carbocycles. The fourth-order valence-corrected chi connectivity index (χ4v) is 1.04. The van der Waals surface area contributed by atoms with E-state index in [4.69, 9.17) is 5.11 Å². The van der Waals surface area contributed by atoms with Crippen LogP contribution >= 0.6 is 0 Å². The average molecular weight is 195 g/mol. The van der Waals surface area contributed by atoms with Crippen LogP contribution in [0.4, 0.5) is 13.2 Å². The molecule has 1 atom stereocenters. The van der Waals surface area contributed by atoms with Gasteiger partial charge in [-0.3, -0.25) is 0 Å². The molecule has 0 spiro atoms. The Bertz CT molecular complexity index is 286. The molecule has 6 heteroatoms. The Morgan fingerprint density at radius 3 is 2.23 bits per heavy atom. The summed E-state index contributed by atoms with van der Waals surface area (Å²) in [6.45, 7) is 2.67. The largest absolute Gasteiger partial charge is 0.418 e. The average Bonchev–Trinajstić information content (AvgIpc) is 2.28. The molecule has 13 heavy (non-hydrogen) atoms. The predicted octanol–water partition coefficient (Wildman–Crippen LogP) is 1.89. The van der Waals surface area contributed by atoms with Gasteiger partial charge in [0.15, 0.2) is 6.10 Å². The number of hydrogen-bond acceptors (Lipinski definition) is 3. The van der Waals surface area contributed by atoms with E-state index in [1.54, 1.807) is 0 Å². The van der Waals surface area contributed by atoms with Crippen molar-refractivity contribution in [2.75, 3.05) is 0 Å². The quantitative estimate of drug-likeness (QED) is 0.744. The van der Waals surface area contributed by atoms with Gasteiger partial charge in [-0.05, 0) is 13.8 Å². The van der Waals surface area contributed by atoms with E-state index >= 15 is 0 Å². The van der Waals surface area contributed by atoms with Crippen molar-refractivity contribution < 1.29 is 22.8 Å². The van der Waals surface area contributed by atoms with Crippen LogP contribution < -0.4 is 0 Å². The van der Waals surface area contributed by atoms with Crippen molar-refractivity contribution in [2.24, 2.45) is 0 Å². The lowest BCUT2D eigenvalue weighted by Crippen LogP contribution is -2.21. The van der Waals surface area contributed by atoms with E-state index in [1.165, 1.54) is 13.8 Å². The summed E-state index contributed by atoms with van der Waals surface area (Å²) < 4.78 is 40.7. The summed E-state index contributed by atoms with van der Waals surface area (Å²) in [5.41, 5.74) is -0.241. The number of hydrogen-bond donors (Lipinski definition) is 1. The van der Waals surface area contributed by atoms with Crippen molar-refractivity contribution in [3.05, 3.63) is 17.0 Å². The standard InChI is InChI=1S/C7H8F3NO2/c1-3-5(4(2)13-11-3)6(12)7(8,9)10/h6,12H,1-2H3/t6-/m1/s1. The summed E-state index contributed by atoms with van der Waals surface area (Å²) >= 11 is 0. The first-order chi connectivity index (χ1) is 5.84. The van der Waals surface area contributed by atoms with Gasteiger partial charge in [0, 0.05) is 0 Å². The molecule has 0 unspecified atom stereocenters. The summed E-state index contributed by atoms with van der Waals surface area (Å²) in [5.74, 6) is -0.0117. The first-order valence-electron chi connectivity index (χ1n) is 3.51. The third-order valence-electron chi connectivity index (χ3n) is 1.67. The minimum absolute atomic E-state index is 0.0117. The zero-order chi connectivity index (χ0) is 10.2. The second-order valence-corrected chi connectivity index (χ2v) is 2.68. The Labute approximate surface area is 72.1 Å². The molecule has 3 nitrogen and oxygen atoms in total. The van der Waals surface area contributed by atoms with Crippen molar-refractivity contribution in [1.82, 2.24) is 5.16 Å². The number of nitrogens with zero attached hydrogens (tertiary/aromatic N) is 1. The third kappa shape index (κ3) is 1.82. The summed E-state index contributed by atoms with van der Waals surface area (Å²) in [6.07, 6.45) is -7.19. The second-order valence-electron chi connectivity index (χ2n) is 2.68. The predicted molar refractivity (Wildman–Crippen MR) is 37.0 cm³/mol. The number of aliphatic hydroxyl groups excluding tert-OH is 1. The maximum absolute atomic E-state index is 12.1. The lowest BCUT2D eigenvalue weighted by atomic mass is 10.1. The van der Waals surface area contributed by atoms with Gasteiger partial charge in [-0.25, -0.2) is 0 Å². The minimum atomic E-state index is -4.68. The molecule has 0 radical (unpaired) electrons. The highest BCUT2D eigenvalue weighted by atomic mass is 19.4. The molecule has 0 saturated heterocycles. The Morgan fingerprint density at radius 2 is 1.92 bits per heavy atom. The van der Waals surface area contributed by atoms with Gasteiger partial charge in [0.1, 0.15) is 5.76 Å². The Kier molecular flexibility index (Phi) is 2.34. The third-order valence-corrected chi connectivity index (χ3v) is 1.67. The highest BCUT2D eigenvalue weighted by Gasteiger charge is 2.42. The Morgan fingerprint density at radius 1 is 1.38 bits per heavy atom. The van der Waals surface area contributed by atoms with Crippen LogP contribution in [0.15, 0.2) is 4.52 Å². The van der Waals surface area contributed by atoms with Crippen LogP contribution in [0.5, 0.6) is 0 Å². The number of rotatable bonds is 1. The summed E-state index contributed by atoms with van der Waals surface area (Å²) in [7, 11) is 0. The number of aromatic nitrogens is 1. The number of aryl methyl sites for hydroxylation is 2. The van der Waals surface area contributed by atoms with Crippen LogP contribution in [0.1, 0.15) is 23.1 Å². The van der Waals surface area contributed by atoms with Gasteiger partial charge in [0.2, 0.25) is 0 Å². The van der Waals surface area contributed by atoms with E-state index in [0.29, 0.717) is 0 Å². The maximum atomic E-state index is 12.1. The first kappa shape index (κ1) is 10.0. The van der Waals surface area contributed by atoms with Crippen molar-refractivity contribution in [2.45, 2.75) is 26.1 Å². The molecular formula is C7H8F3NO2.